The first-order valence-electron chi connectivity index (χ1n) is 7.89. The maximum absolute atomic E-state index is 12.1. The van der Waals surface area contributed by atoms with E-state index in [1.54, 1.807) is 19.2 Å². The van der Waals surface area contributed by atoms with E-state index in [0.29, 0.717) is 11.5 Å². The molecule has 2 aromatic heterocycles. The van der Waals surface area contributed by atoms with Gasteiger partial charge in [-0.15, -0.1) is 0 Å². The van der Waals surface area contributed by atoms with Crippen molar-refractivity contribution >= 4 is 20.9 Å². The number of sulfonamides is 1. The van der Waals surface area contributed by atoms with Gasteiger partial charge in [0.05, 0.1) is 16.1 Å². The van der Waals surface area contributed by atoms with Crippen molar-refractivity contribution < 1.29 is 8.42 Å². The number of aromatic amines is 1. The van der Waals surface area contributed by atoms with Gasteiger partial charge < -0.3 is 0 Å². The second kappa shape index (κ2) is 5.39. The molecule has 1 aliphatic rings. The number of hydrogen-bond acceptors (Lipinski definition) is 4. The molecule has 1 aromatic carbocycles. The number of nitrogens with zero attached hydrogens (tertiary/aromatic N) is 2. The molecule has 0 aliphatic heterocycles. The van der Waals surface area contributed by atoms with Crippen molar-refractivity contribution in [2.75, 3.05) is 7.05 Å². The largest absolute Gasteiger partial charge is 0.281 e. The van der Waals surface area contributed by atoms with Crippen molar-refractivity contribution in [1.29, 1.82) is 0 Å². The number of aromatic nitrogens is 3. The molecule has 0 bridgehead atoms. The lowest BCUT2D eigenvalue weighted by Crippen LogP contribution is -2.19. The first-order chi connectivity index (χ1) is 11.5. The lowest BCUT2D eigenvalue weighted by Gasteiger charge is -2.10. The van der Waals surface area contributed by atoms with Gasteiger partial charge >= 0.3 is 0 Å². The third kappa shape index (κ3) is 2.40. The molecule has 0 amide bonds. The SMILES string of the molecule is CNS(=O)(=O)c1ccc(-c2nccc3n[nH]c(C4CC4)c23)cc1C. The number of pyridine rings is 1. The van der Waals surface area contributed by atoms with Crippen LogP contribution in [-0.4, -0.2) is 30.6 Å². The van der Waals surface area contributed by atoms with Gasteiger partial charge in [0.1, 0.15) is 0 Å². The van der Waals surface area contributed by atoms with E-state index in [0.717, 1.165) is 27.9 Å². The molecule has 7 heteroatoms. The number of hydrogen-bond donors (Lipinski definition) is 2. The van der Waals surface area contributed by atoms with Gasteiger partial charge in [-0.25, -0.2) is 13.1 Å². The Morgan fingerprint density at radius 2 is 2.04 bits per heavy atom. The van der Waals surface area contributed by atoms with E-state index in [4.69, 9.17) is 0 Å². The molecular weight excluding hydrogens is 324 g/mol. The molecule has 0 unspecified atom stereocenters. The zero-order chi connectivity index (χ0) is 16.9. The van der Waals surface area contributed by atoms with Gasteiger partial charge in [-0.1, -0.05) is 6.07 Å². The molecule has 2 N–H and O–H groups in total. The Morgan fingerprint density at radius 1 is 1.25 bits per heavy atom. The Hall–Kier alpha value is -2.25. The van der Waals surface area contributed by atoms with Gasteiger partial charge in [0, 0.05) is 28.8 Å². The van der Waals surface area contributed by atoms with Crippen LogP contribution >= 0.6 is 0 Å². The molecule has 0 atom stereocenters. The van der Waals surface area contributed by atoms with Crippen molar-refractivity contribution in [2.45, 2.75) is 30.6 Å². The second-order valence-electron chi connectivity index (χ2n) is 6.15. The van der Waals surface area contributed by atoms with E-state index in [1.165, 1.54) is 19.9 Å². The minimum Gasteiger partial charge on any atom is -0.281 e. The van der Waals surface area contributed by atoms with E-state index in [-0.39, 0.29) is 4.90 Å². The van der Waals surface area contributed by atoms with Gasteiger partial charge in [0.25, 0.3) is 0 Å². The monoisotopic (exact) mass is 342 g/mol. The Kier molecular flexibility index (Phi) is 3.43. The van der Waals surface area contributed by atoms with Crippen molar-refractivity contribution in [3.05, 3.63) is 41.7 Å². The molecule has 1 fully saturated rings. The van der Waals surface area contributed by atoms with E-state index in [9.17, 15) is 8.42 Å². The highest BCUT2D eigenvalue weighted by atomic mass is 32.2. The molecule has 6 nitrogen and oxygen atoms in total. The highest BCUT2D eigenvalue weighted by Crippen LogP contribution is 2.44. The van der Waals surface area contributed by atoms with Crippen molar-refractivity contribution in [1.82, 2.24) is 19.9 Å². The van der Waals surface area contributed by atoms with Crippen LogP contribution in [0.4, 0.5) is 0 Å². The number of rotatable bonds is 4. The molecule has 4 rings (SSSR count). The summed E-state index contributed by atoms with van der Waals surface area (Å²) in [7, 11) is -2.04. The molecule has 1 saturated carbocycles. The molecular formula is C17H18N4O2S. The lowest BCUT2D eigenvalue weighted by molar-refractivity contribution is 0.587. The smallest absolute Gasteiger partial charge is 0.240 e. The predicted octanol–water partition coefficient (Wildman–Crippen LogP) is 2.72. The minimum atomic E-state index is -3.46. The number of fused-ring (bicyclic) bond motifs is 1. The number of benzene rings is 1. The summed E-state index contributed by atoms with van der Waals surface area (Å²) in [5.41, 5.74) is 4.47. The van der Waals surface area contributed by atoms with Crippen LogP contribution in [0.15, 0.2) is 35.4 Å². The maximum atomic E-state index is 12.1. The molecule has 0 radical (unpaired) electrons. The van der Waals surface area contributed by atoms with E-state index in [1.807, 2.05) is 18.2 Å². The van der Waals surface area contributed by atoms with Crippen LogP contribution in [0, 0.1) is 6.92 Å². The first kappa shape index (κ1) is 15.3. The zero-order valence-electron chi connectivity index (χ0n) is 13.5. The minimum absolute atomic E-state index is 0.288. The van der Waals surface area contributed by atoms with Crippen LogP contribution in [0.3, 0.4) is 0 Å². The van der Waals surface area contributed by atoms with Crippen molar-refractivity contribution in [2.24, 2.45) is 0 Å². The molecule has 1 aliphatic carbocycles. The van der Waals surface area contributed by atoms with Gasteiger partial charge in [0.15, 0.2) is 0 Å². The van der Waals surface area contributed by atoms with E-state index < -0.39 is 10.0 Å². The Bertz CT molecular complexity index is 1040. The van der Waals surface area contributed by atoms with Gasteiger partial charge in [0.2, 0.25) is 10.0 Å². The number of nitrogens with one attached hydrogen (secondary N) is 2. The number of H-pyrrole nitrogens is 1. The Labute approximate surface area is 140 Å². The zero-order valence-corrected chi connectivity index (χ0v) is 14.3. The van der Waals surface area contributed by atoms with Crippen LogP contribution in [-0.2, 0) is 10.0 Å². The molecule has 124 valence electrons. The highest BCUT2D eigenvalue weighted by molar-refractivity contribution is 7.89. The second-order valence-corrected chi connectivity index (χ2v) is 8.01. The van der Waals surface area contributed by atoms with Gasteiger partial charge in [-0.05, 0) is 50.6 Å². The summed E-state index contributed by atoms with van der Waals surface area (Å²) in [5, 5.41) is 8.58. The summed E-state index contributed by atoms with van der Waals surface area (Å²) in [4.78, 5) is 4.84. The summed E-state index contributed by atoms with van der Waals surface area (Å²) in [6, 6.07) is 7.21. The van der Waals surface area contributed by atoms with Crippen LogP contribution in [0.25, 0.3) is 22.2 Å². The molecule has 2 heterocycles. The molecule has 3 aromatic rings. The standard InChI is InChI=1S/C17H18N4O2S/c1-10-9-12(5-6-14(10)24(22,23)18-2)16-15-13(7-8-19-16)20-21-17(15)11-3-4-11/h5-9,11,18H,3-4H2,1-2H3,(H,20,21). The fraction of sp³-hybridized carbons (Fsp3) is 0.294. The van der Waals surface area contributed by atoms with E-state index in [2.05, 4.69) is 19.9 Å². The summed E-state index contributed by atoms with van der Waals surface area (Å²) in [6.45, 7) is 1.80. The van der Waals surface area contributed by atoms with Gasteiger partial charge in [-0.2, -0.15) is 5.10 Å². The fourth-order valence-electron chi connectivity index (χ4n) is 3.08. The average Bonchev–Trinajstić information content (AvgIpc) is 3.33. The Morgan fingerprint density at radius 3 is 2.71 bits per heavy atom. The average molecular weight is 342 g/mol. The maximum Gasteiger partial charge on any atom is 0.240 e. The van der Waals surface area contributed by atoms with Crippen molar-refractivity contribution in [3.8, 4) is 11.3 Å². The quantitative estimate of drug-likeness (QED) is 0.763. The lowest BCUT2D eigenvalue weighted by atomic mass is 10.0. The fourth-order valence-corrected chi connectivity index (χ4v) is 4.03. The van der Waals surface area contributed by atoms with E-state index >= 15 is 0 Å². The number of aryl methyl sites for hydroxylation is 1. The molecule has 0 saturated heterocycles. The summed E-state index contributed by atoms with van der Waals surface area (Å²) in [6.07, 6.45) is 4.08. The van der Waals surface area contributed by atoms with Crippen LogP contribution in [0.2, 0.25) is 0 Å². The predicted molar refractivity (Wildman–Crippen MR) is 92.3 cm³/mol. The third-order valence-corrected chi connectivity index (χ3v) is 6.06. The third-order valence-electron chi connectivity index (χ3n) is 4.49. The van der Waals surface area contributed by atoms with Crippen molar-refractivity contribution in [3.63, 3.8) is 0 Å². The van der Waals surface area contributed by atoms with Crippen LogP contribution < -0.4 is 4.72 Å². The molecule has 0 spiro atoms. The Balaban J connectivity index is 1.89. The first-order valence-corrected chi connectivity index (χ1v) is 9.37. The summed E-state index contributed by atoms with van der Waals surface area (Å²) >= 11 is 0. The molecule has 24 heavy (non-hydrogen) atoms. The topological polar surface area (TPSA) is 87.7 Å². The van der Waals surface area contributed by atoms with Crippen LogP contribution in [0.5, 0.6) is 0 Å². The normalized spacial score (nSPS) is 15.1. The summed E-state index contributed by atoms with van der Waals surface area (Å²) in [5.74, 6) is 0.531. The highest BCUT2D eigenvalue weighted by Gasteiger charge is 2.29. The van der Waals surface area contributed by atoms with Crippen LogP contribution in [0.1, 0.15) is 30.0 Å². The van der Waals surface area contributed by atoms with Gasteiger partial charge in [-0.3, -0.25) is 10.1 Å². The summed E-state index contributed by atoms with van der Waals surface area (Å²) < 4.78 is 26.5.